The molecule has 1 aromatic heterocycles. The predicted molar refractivity (Wildman–Crippen MR) is 94.1 cm³/mol. The second-order valence-corrected chi connectivity index (χ2v) is 7.12. The molecule has 0 radical (unpaired) electrons. The van der Waals surface area contributed by atoms with Crippen LogP contribution in [0.4, 0.5) is 4.79 Å². The molecule has 5 nitrogen and oxygen atoms in total. The summed E-state index contributed by atoms with van der Waals surface area (Å²) in [5.41, 5.74) is 0.854. The Morgan fingerprint density at radius 2 is 2.17 bits per heavy atom. The molecule has 0 spiro atoms. The number of carbonyl (C=O) groups excluding carboxylic acids is 3. The van der Waals surface area contributed by atoms with Crippen molar-refractivity contribution in [1.29, 1.82) is 0 Å². The van der Waals surface area contributed by atoms with Gasteiger partial charge in [0.25, 0.3) is 11.1 Å². The molecule has 122 valence electrons. The van der Waals surface area contributed by atoms with Crippen LogP contribution in [-0.4, -0.2) is 46.5 Å². The zero-order valence-corrected chi connectivity index (χ0v) is 14.7. The SMILES string of the molecule is C=C(C)CN(CC)C(=O)CN1C(=O)S/C(=C\c2cccs2)C1=O. The van der Waals surface area contributed by atoms with Crippen LogP contribution in [0.25, 0.3) is 6.08 Å². The second-order valence-electron chi connectivity index (χ2n) is 5.15. The standard InChI is InChI=1S/C16H18N2O3S2/c1-4-17(9-11(2)3)14(19)10-18-15(20)13(23-16(18)21)8-12-6-5-7-22-12/h5-8H,2,4,9-10H2,1,3H3/b13-8-. The van der Waals surface area contributed by atoms with Crippen molar-refractivity contribution in [1.82, 2.24) is 9.80 Å². The Kier molecular flexibility index (Phi) is 5.79. The molecular formula is C16H18N2O3S2. The lowest BCUT2D eigenvalue weighted by Crippen LogP contribution is -2.42. The lowest BCUT2D eigenvalue weighted by Gasteiger charge is -2.23. The fraction of sp³-hybridized carbons (Fsp3) is 0.312. The number of hydrogen-bond acceptors (Lipinski definition) is 5. The lowest BCUT2D eigenvalue weighted by atomic mass is 10.3. The van der Waals surface area contributed by atoms with Gasteiger partial charge in [-0.2, -0.15) is 0 Å². The minimum absolute atomic E-state index is 0.229. The van der Waals surface area contributed by atoms with Crippen molar-refractivity contribution < 1.29 is 14.4 Å². The van der Waals surface area contributed by atoms with E-state index in [4.69, 9.17) is 0 Å². The smallest absolute Gasteiger partial charge is 0.294 e. The van der Waals surface area contributed by atoms with E-state index in [2.05, 4.69) is 6.58 Å². The van der Waals surface area contributed by atoms with Gasteiger partial charge in [0.1, 0.15) is 6.54 Å². The molecule has 1 fully saturated rings. The molecular weight excluding hydrogens is 332 g/mol. The molecule has 2 rings (SSSR count). The molecule has 7 heteroatoms. The van der Waals surface area contributed by atoms with Gasteiger partial charge in [-0.3, -0.25) is 19.3 Å². The highest BCUT2D eigenvalue weighted by molar-refractivity contribution is 8.18. The summed E-state index contributed by atoms with van der Waals surface area (Å²) in [4.78, 5) is 40.5. The largest absolute Gasteiger partial charge is 0.337 e. The summed E-state index contributed by atoms with van der Waals surface area (Å²) in [6, 6.07) is 3.75. The molecule has 0 aromatic carbocycles. The number of thioether (sulfide) groups is 1. The van der Waals surface area contributed by atoms with Gasteiger partial charge in [0.05, 0.1) is 4.91 Å². The summed E-state index contributed by atoms with van der Waals surface area (Å²) < 4.78 is 0. The van der Waals surface area contributed by atoms with Crippen LogP contribution in [-0.2, 0) is 9.59 Å². The molecule has 2 heterocycles. The third-order valence-corrected chi connectivity index (χ3v) is 4.91. The van der Waals surface area contributed by atoms with Crippen LogP contribution in [0.2, 0.25) is 0 Å². The Balaban J connectivity index is 2.08. The van der Waals surface area contributed by atoms with Crippen LogP contribution >= 0.6 is 23.1 Å². The van der Waals surface area contributed by atoms with E-state index < -0.39 is 11.1 Å². The molecule has 23 heavy (non-hydrogen) atoms. The van der Waals surface area contributed by atoms with Crippen LogP contribution in [0.1, 0.15) is 18.7 Å². The minimum atomic E-state index is -0.409. The fourth-order valence-electron chi connectivity index (χ4n) is 2.08. The number of thiophene rings is 1. The van der Waals surface area contributed by atoms with Gasteiger partial charge in [-0.15, -0.1) is 11.3 Å². The Labute approximate surface area is 143 Å². The third-order valence-electron chi connectivity index (χ3n) is 3.18. The number of hydrogen-bond donors (Lipinski definition) is 0. The Morgan fingerprint density at radius 1 is 1.43 bits per heavy atom. The summed E-state index contributed by atoms with van der Waals surface area (Å²) in [6.07, 6.45) is 1.69. The maximum absolute atomic E-state index is 12.3. The number of likely N-dealkylation sites (N-methyl/N-ethyl adjacent to an activating group) is 1. The molecule has 1 aliphatic rings. The van der Waals surface area contributed by atoms with Crippen molar-refractivity contribution in [3.05, 3.63) is 39.4 Å². The highest BCUT2D eigenvalue weighted by Gasteiger charge is 2.37. The topological polar surface area (TPSA) is 57.7 Å². The molecule has 0 aliphatic carbocycles. The van der Waals surface area contributed by atoms with Crippen molar-refractivity contribution >= 4 is 46.2 Å². The maximum Gasteiger partial charge on any atom is 0.294 e. The monoisotopic (exact) mass is 350 g/mol. The Hall–Kier alpha value is -1.86. The van der Waals surface area contributed by atoms with E-state index in [0.29, 0.717) is 18.0 Å². The highest BCUT2D eigenvalue weighted by atomic mass is 32.2. The summed E-state index contributed by atoms with van der Waals surface area (Å²) >= 11 is 2.36. The molecule has 0 atom stereocenters. The van der Waals surface area contributed by atoms with Crippen molar-refractivity contribution in [3.63, 3.8) is 0 Å². The molecule has 0 saturated carbocycles. The van der Waals surface area contributed by atoms with Crippen molar-refractivity contribution in [2.75, 3.05) is 19.6 Å². The average Bonchev–Trinajstić information content (AvgIpc) is 3.09. The van der Waals surface area contributed by atoms with Gasteiger partial charge in [0.2, 0.25) is 5.91 Å². The first kappa shape index (κ1) is 17.5. The molecule has 1 aliphatic heterocycles. The van der Waals surface area contributed by atoms with E-state index in [1.165, 1.54) is 11.3 Å². The number of imide groups is 1. The van der Waals surface area contributed by atoms with E-state index in [1.54, 1.807) is 11.0 Å². The van der Waals surface area contributed by atoms with E-state index in [0.717, 1.165) is 27.1 Å². The van der Waals surface area contributed by atoms with Crippen LogP contribution in [0.15, 0.2) is 34.6 Å². The quantitative estimate of drug-likeness (QED) is 0.584. The molecule has 3 amide bonds. The minimum Gasteiger partial charge on any atom is -0.337 e. The lowest BCUT2D eigenvalue weighted by molar-refractivity contribution is -0.135. The fourth-order valence-corrected chi connectivity index (χ4v) is 3.64. The van der Waals surface area contributed by atoms with Crippen LogP contribution < -0.4 is 0 Å². The maximum atomic E-state index is 12.3. The van der Waals surface area contributed by atoms with Crippen molar-refractivity contribution in [2.45, 2.75) is 13.8 Å². The summed E-state index contributed by atoms with van der Waals surface area (Å²) in [5, 5.41) is 1.49. The second kappa shape index (κ2) is 7.61. The number of rotatable bonds is 6. The first-order valence-electron chi connectivity index (χ1n) is 7.13. The zero-order valence-electron chi connectivity index (χ0n) is 13.1. The van der Waals surface area contributed by atoms with Gasteiger partial charge in [-0.05, 0) is 43.1 Å². The van der Waals surface area contributed by atoms with E-state index in [1.807, 2.05) is 31.4 Å². The zero-order chi connectivity index (χ0) is 17.0. The van der Waals surface area contributed by atoms with Gasteiger partial charge >= 0.3 is 0 Å². The number of nitrogens with zero attached hydrogens (tertiary/aromatic N) is 2. The average molecular weight is 350 g/mol. The summed E-state index contributed by atoms with van der Waals surface area (Å²) in [6.45, 7) is 8.18. The molecule has 0 N–H and O–H groups in total. The highest BCUT2D eigenvalue weighted by Crippen LogP contribution is 2.32. The van der Waals surface area contributed by atoms with Gasteiger partial charge in [-0.25, -0.2) is 0 Å². The molecule has 1 aromatic rings. The van der Waals surface area contributed by atoms with E-state index in [9.17, 15) is 14.4 Å². The molecule has 1 saturated heterocycles. The van der Waals surface area contributed by atoms with Gasteiger partial charge in [0, 0.05) is 18.0 Å². The van der Waals surface area contributed by atoms with Crippen LogP contribution in [0.5, 0.6) is 0 Å². The van der Waals surface area contributed by atoms with Crippen LogP contribution in [0.3, 0.4) is 0 Å². The van der Waals surface area contributed by atoms with E-state index >= 15 is 0 Å². The predicted octanol–water partition coefficient (Wildman–Crippen LogP) is 3.21. The third kappa shape index (κ3) is 4.33. The van der Waals surface area contributed by atoms with Gasteiger partial charge in [-0.1, -0.05) is 18.2 Å². The van der Waals surface area contributed by atoms with Crippen LogP contribution in [0, 0.1) is 0 Å². The normalized spacial score (nSPS) is 16.3. The van der Waals surface area contributed by atoms with Crippen molar-refractivity contribution in [2.24, 2.45) is 0 Å². The summed E-state index contributed by atoms with van der Waals surface area (Å²) in [5.74, 6) is -0.664. The number of carbonyl (C=O) groups is 3. The Morgan fingerprint density at radius 3 is 2.74 bits per heavy atom. The van der Waals surface area contributed by atoms with Crippen molar-refractivity contribution in [3.8, 4) is 0 Å². The number of amides is 3. The first-order valence-corrected chi connectivity index (χ1v) is 8.83. The molecule has 0 bridgehead atoms. The summed E-state index contributed by atoms with van der Waals surface area (Å²) in [7, 11) is 0. The Bertz CT molecular complexity index is 665. The first-order chi connectivity index (χ1) is 10.9. The van der Waals surface area contributed by atoms with Gasteiger partial charge < -0.3 is 4.90 Å². The van der Waals surface area contributed by atoms with Gasteiger partial charge in [0.15, 0.2) is 0 Å². The van der Waals surface area contributed by atoms with E-state index in [-0.39, 0.29) is 12.5 Å². The molecule has 0 unspecified atom stereocenters.